The molecule has 4 rings (SSSR count). The zero-order valence-corrected chi connectivity index (χ0v) is 18.1. The summed E-state index contributed by atoms with van der Waals surface area (Å²) in [5, 5.41) is 9.64. The third-order valence-electron chi connectivity index (χ3n) is 5.01. The van der Waals surface area contributed by atoms with E-state index in [1.807, 2.05) is 29.5 Å². The van der Waals surface area contributed by atoms with Gasteiger partial charge in [0.15, 0.2) is 5.16 Å². The minimum Gasteiger partial charge on any atom is -0.341 e. The van der Waals surface area contributed by atoms with Gasteiger partial charge in [0.2, 0.25) is 11.7 Å². The summed E-state index contributed by atoms with van der Waals surface area (Å²) in [5.74, 6) is 0.248. The van der Waals surface area contributed by atoms with Crippen LogP contribution in [-0.4, -0.2) is 42.8 Å². The number of benzene rings is 2. The van der Waals surface area contributed by atoms with Crippen molar-refractivity contribution in [3.8, 4) is 0 Å². The molecule has 7 nitrogen and oxygen atoms in total. The molecule has 0 N–H and O–H groups in total. The van der Waals surface area contributed by atoms with E-state index in [1.165, 1.54) is 23.9 Å². The summed E-state index contributed by atoms with van der Waals surface area (Å²) in [5.41, 5.74) is 1.48. The Morgan fingerprint density at radius 1 is 1.13 bits per heavy atom. The minimum absolute atomic E-state index is 0.0859. The van der Waals surface area contributed by atoms with Crippen LogP contribution in [0.4, 0.5) is 4.39 Å². The summed E-state index contributed by atoms with van der Waals surface area (Å²) >= 11 is 1.28. The fourth-order valence-electron chi connectivity index (χ4n) is 3.44. The maximum absolute atomic E-state index is 13.1. The Labute approximate surface area is 182 Å². The van der Waals surface area contributed by atoms with Gasteiger partial charge in [-0.15, -0.1) is 10.2 Å². The van der Waals surface area contributed by atoms with Crippen LogP contribution in [0.25, 0.3) is 16.7 Å². The highest BCUT2D eigenvalue weighted by atomic mass is 32.2. The van der Waals surface area contributed by atoms with Crippen molar-refractivity contribution in [1.29, 1.82) is 0 Å². The van der Waals surface area contributed by atoms with Crippen LogP contribution in [0.5, 0.6) is 0 Å². The van der Waals surface area contributed by atoms with E-state index >= 15 is 0 Å². The van der Waals surface area contributed by atoms with Crippen molar-refractivity contribution in [1.82, 2.24) is 24.1 Å². The average molecular weight is 440 g/mol. The molecule has 0 fully saturated rings. The van der Waals surface area contributed by atoms with Gasteiger partial charge < -0.3 is 4.90 Å². The predicted octanol–water partition coefficient (Wildman–Crippen LogP) is 3.34. The highest BCUT2D eigenvalue weighted by Crippen LogP contribution is 2.22. The van der Waals surface area contributed by atoms with E-state index in [9.17, 15) is 14.0 Å². The van der Waals surface area contributed by atoms with Gasteiger partial charge in [0.1, 0.15) is 5.82 Å². The summed E-state index contributed by atoms with van der Waals surface area (Å²) in [6.45, 7) is 2.92. The molecular weight excluding hydrogens is 417 g/mol. The Balaban J connectivity index is 1.59. The lowest BCUT2D eigenvalue weighted by Crippen LogP contribution is -2.28. The molecule has 0 saturated heterocycles. The molecule has 0 aliphatic carbocycles. The quantitative estimate of drug-likeness (QED) is 0.413. The predicted molar refractivity (Wildman–Crippen MR) is 119 cm³/mol. The first-order valence-electron chi connectivity index (χ1n) is 9.97. The van der Waals surface area contributed by atoms with Gasteiger partial charge in [-0.25, -0.2) is 4.39 Å². The number of fused-ring (bicyclic) bond motifs is 3. The first-order valence-corrected chi connectivity index (χ1v) is 11.0. The number of hydrogen-bond acceptors (Lipinski definition) is 5. The fraction of sp³-hybridized carbons (Fsp3) is 0.273. The molecule has 2 aromatic carbocycles. The van der Waals surface area contributed by atoms with Crippen molar-refractivity contribution >= 4 is 34.3 Å². The number of amides is 1. The molecule has 0 atom stereocenters. The summed E-state index contributed by atoms with van der Waals surface area (Å²) in [6, 6.07) is 13.4. The van der Waals surface area contributed by atoms with Gasteiger partial charge in [-0.1, -0.05) is 43.0 Å². The molecule has 2 heterocycles. The van der Waals surface area contributed by atoms with Crippen molar-refractivity contribution in [3.63, 3.8) is 0 Å². The molecule has 9 heteroatoms. The van der Waals surface area contributed by atoms with Crippen LogP contribution in [0.3, 0.4) is 0 Å². The van der Waals surface area contributed by atoms with Gasteiger partial charge in [0.25, 0.3) is 5.56 Å². The Kier molecular flexibility index (Phi) is 6.03. The largest absolute Gasteiger partial charge is 0.341 e. The Morgan fingerprint density at radius 3 is 2.61 bits per heavy atom. The molecule has 0 unspecified atom stereocenters. The normalized spacial score (nSPS) is 11.3. The average Bonchev–Trinajstić information content (AvgIpc) is 3.20. The van der Waals surface area contributed by atoms with Crippen molar-refractivity contribution in [2.75, 3.05) is 12.8 Å². The van der Waals surface area contributed by atoms with Crippen LogP contribution in [-0.2, 0) is 17.9 Å². The van der Waals surface area contributed by atoms with Crippen molar-refractivity contribution in [2.45, 2.75) is 31.6 Å². The van der Waals surface area contributed by atoms with Crippen molar-refractivity contribution in [2.24, 2.45) is 0 Å². The van der Waals surface area contributed by atoms with Crippen LogP contribution in [0.2, 0.25) is 0 Å². The third kappa shape index (κ3) is 4.18. The molecule has 2 aromatic heterocycles. The lowest BCUT2D eigenvalue weighted by Gasteiger charge is -2.17. The number of aryl methyl sites for hydroxylation is 1. The SMILES string of the molecule is CCCn1c(=O)c2ccccc2n2c(SCC(=O)N(C)Cc3ccc(F)cc3)nnc12. The van der Waals surface area contributed by atoms with Gasteiger partial charge in [0, 0.05) is 20.1 Å². The Hall–Kier alpha value is -3.20. The molecule has 31 heavy (non-hydrogen) atoms. The number of halogens is 1. The maximum atomic E-state index is 13.1. The summed E-state index contributed by atoms with van der Waals surface area (Å²) in [6.07, 6.45) is 0.788. The van der Waals surface area contributed by atoms with E-state index < -0.39 is 0 Å². The van der Waals surface area contributed by atoms with E-state index in [4.69, 9.17) is 0 Å². The number of aromatic nitrogens is 4. The molecular formula is C22H22FN5O2S. The highest BCUT2D eigenvalue weighted by molar-refractivity contribution is 7.99. The molecule has 4 aromatic rings. The molecule has 0 bridgehead atoms. The van der Waals surface area contributed by atoms with E-state index in [1.54, 1.807) is 34.7 Å². The number of rotatable bonds is 7. The standard InChI is InChI=1S/C22H22FN5O2S/c1-3-12-27-20(30)17-6-4-5-7-18(17)28-21(27)24-25-22(28)31-14-19(29)26(2)13-15-8-10-16(23)11-9-15/h4-11H,3,12-14H2,1-2H3. The summed E-state index contributed by atoms with van der Waals surface area (Å²) in [4.78, 5) is 27.1. The molecule has 160 valence electrons. The zero-order valence-electron chi connectivity index (χ0n) is 17.3. The lowest BCUT2D eigenvalue weighted by atomic mass is 10.2. The third-order valence-corrected chi connectivity index (χ3v) is 5.92. The minimum atomic E-state index is -0.305. The highest BCUT2D eigenvalue weighted by Gasteiger charge is 2.18. The molecule has 0 aliphatic rings. The van der Waals surface area contributed by atoms with Gasteiger partial charge in [-0.05, 0) is 36.2 Å². The molecule has 0 spiro atoms. The smallest absolute Gasteiger partial charge is 0.262 e. The van der Waals surface area contributed by atoms with Gasteiger partial charge in [-0.3, -0.25) is 18.6 Å². The zero-order chi connectivity index (χ0) is 22.0. The van der Waals surface area contributed by atoms with Crippen LogP contribution in [0, 0.1) is 5.82 Å². The summed E-state index contributed by atoms with van der Waals surface area (Å²) in [7, 11) is 1.71. The Bertz CT molecular complexity index is 1300. The van der Waals surface area contributed by atoms with Crippen LogP contribution in [0.15, 0.2) is 58.5 Å². The first-order chi connectivity index (χ1) is 15.0. The van der Waals surface area contributed by atoms with Crippen molar-refractivity contribution < 1.29 is 9.18 Å². The summed E-state index contributed by atoms with van der Waals surface area (Å²) < 4.78 is 16.5. The number of hydrogen-bond donors (Lipinski definition) is 0. The van der Waals surface area contributed by atoms with Gasteiger partial charge >= 0.3 is 0 Å². The number of carbonyl (C=O) groups excluding carboxylic acids is 1. The van der Waals surface area contributed by atoms with Gasteiger partial charge in [0.05, 0.1) is 16.7 Å². The van der Waals surface area contributed by atoms with Gasteiger partial charge in [-0.2, -0.15) is 0 Å². The number of nitrogens with zero attached hydrogens (tertiary/aromatic N) is 5. The number of thioether (sulfide) groups is 1. The molecule has 1 amide bonds. The second kappa shape index (κ2) is 8.89. The Morgan fingerprint density at radius 2 is 1.87 bits per heavy atom. The van der Waals surface area contributed by atoms with E-state index in [0.717, 1.165) is 17.5 Å². The first kappa shape index (κ1) is 21.0. The maximum Gasteiger partial charge on any atom is 0.262 e. The van der Waals surface area contributed by atoms with Crippen LogP contribution >= 0.6 is 11.8 Å². The van der Waals surface area contributed by atoms with Crippen molar-refractivity contribution in [3.05, 3.63) is 70.3 Å². The van der Waals surface area contributed by atoms with E-state index in [2.05, 4.69) is 10.2 Å². The monoisotopic (exact) mass is 439 g/mol. The topological polar surface area (TPSA) is 72.5 Å². The fourth-order valence-corrected chi connectivity index (χ4v) is 4.32. The van der Waals surface area contributed by atoms with Crippen LogP contribution in [0.1, 0.15) is 18.9 Å². The molecule has 0 saturated carbocycles. The molecule has 0 aliphatic heterocycles. The number of carbonyl (C=O) groups is 1. The van der Waals surface area contributed by atoms with Crippen LogP contribution < -0.4 is 5.56 Å². The molecule has 0 radical (unpaired) electrons. The number of para-hydroxylation sites is 1. The van der Waals surface area contributed by atoms with E-state index in [-0.39, 0.29) is 23.0 Å². The second-order valence-electron chi connectivity index (χ2n) is 7.26. The van der Waals surface area contributed by atoms with E-state index in [0.29, 0.717) is 29.4 Å². The lowest BCUT2D eigenvalue weighted by molar-refractivity contribution is -0.127. The second-order valence-corrected chi connectivity index (χ2v) is 8.20.